The Morgan fingerprint density at radius 3 is 2.65 bits per heavy atom. The molecular formula is C17H27FN4O. The van der Waals surface area contributed by atoms with Crippen LogP contribution in [0.1, 0.15) is 19.4 Å². The van der Waals surface area contributed by atoms with E-state index in [2.05, 4.69) is 29.5 Å². The van der Waals surface area contributed by atoms with Gasteiger partial charge in [-0.05, 0) is 23.6 Å². The van der Waals surface area contributed by atoms with Crippen molar-refractivity contribution >= 4 is 11.6 Å². The van der Waals surface area contributed by atoms with E-state index in [4.69, 9.17) is 4.74 Å². The molecule has 128 valence electrons. The highest BCUT2D eigenvalue weighted by Crippen LogP contribution is 2.21. The van der Waals surface area contributed by atoms with Crippen LogP contribution in [0.5, 0.6) is 0 Å². The minimum absolute atomic E-state index is 0.184. The van der Waals surface area contributed by atoms with Gasteiger partial charge in [0, 0.05) is 33.2 Å². The zero-order chi connectivity index (χ0) is 16.7. The molecule has 1 saturated heterocycles. The van der Waals surface area contributed by atoms with E-state index < -0.39 is 0 Å². The highest BCUT2D eigenvalue weighted by atomic mass is 19.1. The fourth-order valence-corrected chi connectivity index (χ4v) is 2.43. The summed E-state index contributed by atoms with van der Waals surface area (Å²) >= 11 is 0. The van der Waals surface area contributed by atoms with Gasteiger partial charge in [-0.15, -0.1) is 0 Å². The maximum atomic E-state index is 14.3. The molecule has 1 heterocycles. The third-order valence-electron chi connectivity index (χ3n) is 3.73. The van der Waals surface area contributed by atoms with Crippen molar-refractivity contribution in [2.75, 3.05) is 44.8 Å². The van der Waals surface area contributed by atoms with Crippen LogP contribution in [0.15, 0.2) is 23.2 Å². The summed E-state index contributed by atoms with van der Waals surface area (Å²) < 4.78 is 19.6. The van der Waals surface area contributed by atoms with Crippen molar-refractivity contribution in [2.45, 2.75) is 20.4 Å². The quantitative estimate of drug-likeness (QED) is 0.643. The second-order valence-corrected chi connectivity index (χ2v) is 6.09. The van der Waals surface area contributed by atoms with Crippen molar-refractivity contribution in [3.8, 4) is 0 Å². The van der Waals surface area contributed by atoms with Gasteiger partial charge in [-0.3, -0.25) is 4.99 Å². The van der Waals surface area contributed by atoms with Crippen molar-refractivity contribution < 1.29 is 9.13 Å². The number of nitrogens with one attached hydrogen (secondary N) is 2. The van der Waals surface area contributed by atoms with Crippen LogP contribution in [0.25, 0.3) is 0 Å². The molecule has 0 amide bonds. The van der Waals surface area contributed by atoms with Gasteiger partial charge < -0.3 is 20.3 Å². The normalized spacial score (nSPS) is 15.9. The molecule has 0 unspecified atom stereocenters. The van der Waals surface area contributed by atoms with E-state index in [0.717, 1.165) is 31.2 Å². The zero-order valence-corrected chi connectivity index (χ0v) is 14.2. The van der Waals surface area contributed by atoms with Crippen LogP contribution in [-0.4, -0.2) is 45.9 Å². The molecule has 6 heteroatoms. The standard InChI is InChI=1S/C17H27FN4O/c1-13(2)11-20-17(19-3)21-12-14-4-5-16(15(18)10-14)22-6-8-23-9-7-22/h4-5,10,13H,6-9,11-12H2,1-3H3,(H2,19,20,21). The van der Waals surface area contributed by atoms with Crippen LogP contribution in [-0.2, 0) is 11.3 Å². The number of rotatable bonds is 5. The van der Waals surface area contributed by atoms with Gasteiger partial charge in [0.15, 0.2) is 5.96 Å². The monoisotopic (exact) mass is 322 g/mol. The molecule has 1 aromatic rings. The highest BCUT2D eigenvalue weighted by Gasteiger charge is 2.15. The Labute approximate surface area is 137 Å². The predicted molar refractivity (Wildman–Crippen MR) is 92.5 cm³/mol. The second kappa shape index (κ2) is 8.72. The van der Waals surface area contributed by atoms with Crippen molar-refractivity contribution in [1.82, 2.24) is 10.6 Å². The molecule has 0 atom stereocenters. The van der Waals surface area contributed by atoms with E-state index in [1.807, 2.05) is 17.0 Å². The lowest BCUT2D eigenvalue weighted by molar-refractivity contribution is 0.122. The summed E-state index contributed by atoms with van der Waals surface area (Å²) in [4.78, 5) is 6.19. The molecular weight excluding hydrogens is 295 g/mol. The minimum Gasteiger partial charge on any atom is -0.378 e. The van der Waals surface area contributed by atoms with E-state index >= 15 is 0 Å². The number of anilines is 1. The van der Waals surface area contributed by atoms with Gasteiger partial charge in [0.1, 0.15) is 5.82 Å². The van der Waals surface area contributed by atoms with Gasteiger partial charge in [-0.2, -0.15) is 0 Å². The topological polar surface area (TPSA) is 48.9 Å². The minimum atomic E-state index is -0.184. The Morgan fingerprint density at radius 1 is 1.30 bits per heavy atom. The average Bonchev–Trinajstić information content (AvgIpc) is 2.55. The molecule has 5 nitrogen and oxygen atoms in total. The van der Waals surface area contributed by atoms with Crippen molar-refractivity contribution in [2.24, 2.45) is 10.9 Å². The Hall–Kier alpha value is -1.82. The summed E-state index contributed by atoms with van der Waals surface area (Å²) in [6.07, 6.45) is 0. The molecule has 0 bridgehead atoms. The largest absolute Gasteiger partial charge is 0.378 e. The lowest BCUT2D eigenvalue weighted by Crippen LogP contribution is -2.38. The summed E-state index contributed by atoms with van der Waals surface area (Å²) in [6, 6.07) is 5.39. The molecule has 0 aliphatic carbocycles. The first-order chi connectivity index (χ1) is 11.1. The Morgan fingerprint density at radius 2 is 2.04 bits per heavy atom. The molecule has 1 aliphatic rings. The first-order valence-corrected chi connectivity index (χ1v) is 8.15. The average molecular weight is 322 g/mol. The van der Waals surface area contributed by atoms with E-state index in [0.29, 0.717) is 31.4 Å². The van der Waals surface area contributed by atoms with E-state index in [9.17, 15) is 4.39 Å². The lowest BCUT2D eigenvalue weighted by atomic mass is 10.1. The zero-order valence-electron chi connectivity index (χ0n) is 14.2. The van der Waals surface area contributed by atoms with Gasteiger partial charge in [0.2, 0.25) is 0 Å². The summed E-state index contributed by atoms with van der Waals surface area (Å²) in [7, 11) is 1.73. The van der Waals surface area contributed by atoms with Crippen LogP contribution >= 0.6 is 0 Å². The lowest BCUT2D eigenvalue weighted by Gasteiger charge is -2.29. The predicted octanol–water partition coefficient (Wildman–Crippen LogP) is 1.98. The molecule has 0 radical (unpaired) electrons. The number of ether oxygens (including phenoxy) is 1. The number of aliphatic imine (C=N–C) groups is 1. The first-order valence-electron chi connectivity index (χ1n) is 8.15. The number of halogens is 1. The summed E-state index contributed by atoms with van der Waals surface area (Å²) in [5.74, 6) is 1.09. The van der Waals surface area contributed by atoms with Crippen molar-refractivity contribution in [3.05, 3.63) is 29.6 Å². The summed E-state index contributed by atoms with van der Waals surface area (Å²) in [5, 5.41) is 6.45. The number of hydrogen-bond acceptors (Lipinski definition) is 3. The van der Waals surface area contributed by atoms with E-state index in [1.165, 1.54) is 0 Å². The van der Waals surface area contributed by atoms with Gasteiger partial charge >= 0.3 is 0 Å². The summed E-state index contributed by atoms with van der Waals surface area (Å²) in [6.45, 7) is 8.45. The number of morpholine rings is 1. The number of nitrogens with zero attached hydrogens (tertiary/aromatic N) is 2. The fraction of sp³-hybridized carbons (Fsp3) is 0.588. The van der Waals surface area contributed by atoms with Gasteiger partial charge in [0.25, 0.3) is 0 Å². The molecule has 0 saturated carbocycles. The molecule has 0 aromatic heterocycles. The SMILES string of the molecule is CN=C(NCc1ccc(N2CCOCC2)c(F)c1)NCC(C)C. The van der Waals surface area contributed by atoms with E-state index in [-0.39, 0.29) is 5.82 Å². The number of benzene rings is 1. The van der Waals surface area contributed by atoms with Crippen LogP contribution in [0, 0.1) is 11.7 Å². The van der Waals surface area contributed by atoms with Gasteiger partial charge in [-0.1, -0.05) is 19.9 Å². The molecule has 1 aliphatic heterocycles. The third-order valence-corrected chi connectivity index (χ3v) is 3.73. The Balaban J connectivity index is 1.92. The third kappa shape index (κ3) is 5.39. The molecule has 2 N–H and O–H groups in total. The van der Waals surface area contributed by atoms with Crippen molar-refractivity contribution in [3.63, 3.8) is 0 Å². The fourth-order valence-electron chi connectivity index (χ4n) is 2.43. The van der Waals surface area contributed by atoms with E-state index in [1.54, 1.807) is 13.1 Å². The smallest absolute Gasteiger partial charge is 0.191 e. The van der Waals surface area contributed by atoms with Crippen LogP contribution in [0.2, 0.25) is 0 Å². The molecule has 2 rings (SSSR count). The maximum absolute atomic E-state index is 14.3. The first kappa shape index (κ1) is 17.5. The maximum Gasteiger partial charge on any atom is 0.191 e. The summed E-state index contributed by atoms with van der Waals surface area (Å²) in [5.41, 5.74) is 1.55. The molecule has 23 heavy (non-hydrogen) atoms. The van der Waals surface area contributed by atoms with Gasteiger partial charge in [-0.25, -0.2) is 4.39 Å². The van der Waals surface area contributed by atoms with Crippen LogP contribution in [0.4, 0.5) is 10.1 Å². The van der Waals surface area contributed by atoms with Crippen LogP contribution < -0.4 is 15.5 Å². The Kier molecular flexibility index (Phi) is 6.65. The number of guanidine groups is 1. The number of hydrogen-bond donors (Lipinski definition) is 2. The molecule has 1 fully saturated rings. The molecule has 1 aromatic carbocycles. The molecule has 0 spiro atoms. The van der Waals surface area contributed by atoms with Crippen LogP contribution in [0.3, 0.4) is 0 Å². The second-order valence-electron chi connectivity index (χ2n) is 6.09. The highest BCUT2D eigenvalue weighted by molar-refractivity contribution is 5.79. The van der Waals surface area contributed by atoms with Gasteiger partial charge in [0.05, 0.1) is 18.9 Å². The van der Waals surface area contributed by atoms with Crippen molar-refractivity contribution in [1.29, 1.82) is 0 Å². The Bertz CT molecular complexity index is 527.